The van der Waals surface area contributed by atoms with Crippen molar-refractivity contribution in [2.45, 2.75) is 52.7 Å². The van der Waals surface area contributed by atoms with Crippen LogP contribution < -0.4 is 0 Å². The van der Waals surface area contributed by atoms with Gasteiger partial charge in [0.1, 0.15) is 5.82 Å². The summed E-state index contributed by atoms with van der Waals surface area (Å²) in [5.74, 6) is 0.998. The molecule has 1 aromatic rings. The molecule has 0 aliphatic carbocycles. The summed E-state index contributed by atoms with van der Waals surface area (Å²) in [6, 6.07) is 0. The van der Waals surface area contributed by atoms with Gasteiger partial charge in [-0.15, -0.1) is 0 Å². The van der Waals surface area contributed by atoms with Gasteiger partial charge in [-0.25, -0.2) is 4.98 Å². The third kappa shape index (κ3) is 4.10. The zero-order valence-corrected chi connectivity index (χ0v) is 12.2. The first-order valence-electron chi connectivity index (χ1n) is 6.62. The van der Waals surface area contributed by atoms with Crippen molar-refractivity contribution in [2.24, 2.45) is 12.5 Å². The molecule has 4 nitrogen and oxygen atoms in total. The second-order valence-electron chi connectivity index (χ2n) is 5.80. The van der Waals surface area contributed by atoms with E-state index in [9.17, 15) is 5.11 Å². The number of imidazole rings is 1. The third-order valence-corrected chi connectivity index (χ3v) is 3.13. The highest BCUT2D eigenvalue weighted by Crippen LogP contribution is 2.26. The highest BCUT2D eigenvalue weighted by Gasteiger charge is 2.31. The topological polar surface area (TPSA) is 47.3 Å². The van der Waals surface area contributed by atoms with Crippen LogP contribution in [0.1, 0.15) is 39.9 Å². The van der Waals surface area contributed by atoms with Crippen LogP contribution in [-0.2, 0) is 18.2 Å². The van der Waals surface area contributed by atoms with Gasteiger partial charge in [-0.1, -0.05) is 20.8 Å². The molecular formula is C14H26N2O2. The highest BCUT2D eigenvalue weighted by molar-refractivity contribution is 4.93. The fourth-order valence-electron chi connectivity index (χ4n) is 2.18. The Morgan fingerprint density at radius 3 is 2.56 bits per heavy atom. The molecule has 1 aromatic heterocycles. The second-order valence-corrected chi connectivity index (χ2v) is 5.80. The lowest BCUT2D eigenvalue weighted by atomic mass is 9.84. The number of aryl methyl sites for hydroxylation is 2. The maximum Gasteiger partial charge on any atom is 0.108 e. The Labute approximate surface area is 110 Å². The molecule has 0 aliphatic heterocycles. The summed E-state index contributed by atoms with van der Waals surface area (Å²) in [4.78, 5) is 4.27. The smallest absolute Gasteiger partial charge is 0.108 e. The van der Waals surface area contributed by atoms with Crippen molar-refractivity contribution in [2.75, 3.05) is 6.61 Å². The van der Waals surface area contributed by atoms with E-state index in [-0.39, 0.29) is 11.5 Å². The number of ether oxygens (including phenoxy) is 1. The summed E-state index contributed by atoms with van der Waals surface area (Å²) in [5, 5.41) is 10.3. The number of aliphatic hydroxyl groups is 1. The lowest BCUT2D eigenvalue weighted by Gasteiger charge is -2.34. The second kappa shape index (κ2) is 6.34. The number of hydrogen-bond acceptors (Lipinski definition) is 3. The molecule has 1 N–H and O–H groups in total. The van der Waals surface area contributed by atoms with Gasteiger partial charge in [0, 0.05) is 32.5 Å². The Hall–Kier alpha value is -0.870. The van der Waals surface area contributed by atoms with Gasteiger partial charge in [0.05, 0.1) is 12.2 Å². The predicted octanol–water partition coefficient (Wildman–Crippen LogP) is 2.16. The molecular weight excluding hydrogens is 228 g/mol. The molecule has 0 saturated carbocycles. The van der Waals surface area contributed by atoms with Crippen LogP contribution in [0.3, 0.4) is 0 Å². The van der Waals surface area contributed by atoms with E-state index < -0.39 is 6.10 Å². The van der Waals surface area contributed by atoms with Gasteiger partial charge in [0.15, 0.2) is 0 Å². The van der Waals surface area contributed by atoms with E-state index in [4.69, 9.17) is 4.74 Å². The van der Waals surface area contributed by atoms with E-state index in [1.54, 1.807) is 6.20 Å². The van der Waals surface area contributed by atoms with Gasteiger partial charge in [0.25, 0.3) is 0 Å². The number of aliphatic hydroxyl groups excluding tert-OH is 1. The zero-order chi connectivity index (χ0) is 13.8. The van der Waals surface area contributed by atoms with Crippen molar-refractivity contribution in [1.29, 1.82) is 0 Å². The van der Waals surface area contributed by atoms with Gasteiger partial charge in [-0.2, -0.15) is 0 Å². The molecule has 2 atom stereocenters. The molecule has 4 heteroatoms. The van der Waals surface area contributed by atoms with E-state index in [2.05, 4.69) is 25.8 Å². The van der Waals surface area contributed by atoms with E-state index in [1.807, 2.05) is 24.7 Å². The fraction of sp³-hybridized carbons (Fsp3) is 0.786. The predicted molar refractivity (Wildman–Crippen MR) is 72.4 cm³/mol. The maximum atomic E-state index is 10.3. The van der Waals surface area contributed by atoms with E-state index in [0.717, 1.165) is 12.2 Å². The Kier molecular flexibility index (Phi) is 5.35. The summed E-state index contributed by atoms with van der Waals surface area (Å²) < 4.78 is 7.68. The average molecular weight is 254 g/mol. The van der Waals surface area contributed by atoms with Crippen molar-refractivity contribution in [1.82, 2.24) is 9.55 Å². The summed E-state index contributed by atoms with van der Waals surface area (Å²) in [7, 11) is 1.97. The summed E-state index contributed by atoms with van der Waals surface area (Å²) in [6.45, 7) is 8.87. The molecule has 1 rings (SSSR count). The van der Waals surface area contributed by atoms with Crippen molar-refractivity contribution in [3.63, 3.8) is 0 Å². The summed E-state index contributed by atoms with van der Waals surface area (Å²) in [5.41, 5.74) is -0.0585. The van der Waals surface area contributed by atoms with Crippen LogP contribution in [0, 0.1) is 5.41 Å². The number of hydrogen-bond donors (Lipinski definition) is 1. The summed E-state index contributed by atoms with van der Waals surface area (Å²) >= 11 is 0. The molecule has 0 radical (unpaired) electrons. The van der Waals surface area contributed by atoms with Gasteiger partial charge in [-0.05, 0) is 18.8 Å². The molecule has 0 bridgehead atoms. The zero-order valence-electron chi connectivity index (χ0n) is 12.2. The first-order chi connectivity index (χ1) is 8.36. The SMILES string of the molecule is CCOC(C(O)CCc1nccn1C)C(C)(C)C. The lowest BCUT2D eigenvalue weighted by molar-refractivity contribution is -0.0902. The van der Waals surface area contributed by atoms with Crippen LogP contribution in [0.2, 0.25) is 0 Å². The van der Waals surface area contributed by atoms with E-state index in [0.29, 0.717) is 13.0 Å². The van der Waals surface area contributed by atoms with Crippen LogP contribution in [-0.4, -0.2) is 33.5 Å². The molecule has 18 heavy (non-hydrogen) atoms. The van der Waals surface area contributed by atoms with Crippen molar-refractivity contribution < 1.29 is 9.84 Å². The third-order valence-electron chi connectivity index (χ3n) is 3.13. The molecule has 2 unspecified atom stereocenters. The van der Waals surface area contributed by atoms with Crippen LogP contribution >= 0.6 is 0 Å². The minimum absolute atomic E-state index is 0.0585. The highest BCUT2D eigenvalue weighted by atomic mass is 16.5. The Bertz CT molecular complexity index is 355. The molecule has 0 spiro atoms. The maximum absolute atomic E-state index is 10.3. The van der Waals surface area contributed by atoms with Crippen LogP contribution in [0.25, 0.3) is 0 Å². The lowest BCUT2D eigenvalue weighted by Crippen LogP contribution is -2.40. The molecule has 0 saturated heterocycles. The summed E-state index contributed by atoms with van der Waals surface area (Å²) in [6.07, 6.45) is 4.55. The minimum atomic E-state index is -0.457. The van der Waals surface area contributed by atoms with Crippen molar-refractivity contribution in [3.8, 4) is 0 Å². The van der Waals surface area contributed by atoms with Crippen LogP contribution in [0.5, 0.6) is 0 Å². The van der Waals surface area contributed by atoms with Gasteiger partial charge >= 0.3 is 0 Å². The Morgan fingerprint density at radius 2 is 2.11 bits per heavy atom. The van der Waals surface area contributed by atoms with Gasteiger partial charge in [-0.3, -0.25) is 0 Å². The van der Waals surface area contributed by atoms with Gasteiger partial charge < -0.3 is 14.4 Å². The first kappa shape index (κ1) is 15.2. The number of nitrogens with zero attached hydrogens (tertiary/aromatic N) is 2. The normalized spacial score (nSPS) is 15.7. The Balaban J connectivity index is 2.57. The van der Waals surface area contributed by atoms with Gasteiger partial charge in [0.2, 0.25) is 0 Å². The molecule has 0 aromatic carbocycles. The number of aromatic nitrogens is 2. The Morgan fingerprint density at radius 1 is 1.44 bits per heavy atom. The molecule has 104 valence electrons. The monoisotopic (exact) mass is 254 g/mol. The number of rotatable bonds is 6. The minimum Gasteiger partial charge on any atom is -0.390 e. The average Bonchev–Trinajstić information content (AvgIpc) is 2.67. The van der Waals surface area contributed by atoms with E-state index >= 15 is 0 Å². The molecule has 1 heterocycles. The van der Waals surface area contributed by atoms with Crippen LogP contribution in [0.15, 0.2) is 12.4 Å². The van der Waals surface area contributed by atoms with Crippen LogP contribution in [0.4, 0.5) is 0 Å². The first-order valence-corrected chi connectivity index (χ1v) is 6.62. The van der Waals surface area contributed by atoms with Crippen molar-refractivity contribution in [3.05, 3.63) is 18.2 Å². The fourth-order valence-corrected chi connectivity index (χ4v) is 2.18. The van der Waals surface area contributed by atoms with Crippen molar-refractivity contribution >= 4 is 0 Å². The molecule has 0 fully saturated rings. The standard InChI is InChI=1S/C14H26N2O2/c1-6-18-13(14(2,3)4)11(17)7-8-12-15-9-10-16(12)5/h9-11,13,17H,6-8H2,1-5H3. The molecule has 0 amide bonds. The molecule has 0 aliphatic rings. The largest absolute Gasteiger partial charge is 0.390 e. The van der Waals surface area contributed by atoms with E-state index in [1.165, 1.54) is 0 Å². The quantitative estimate of drug-likeness (QED) is 0.846.